The Bertz CT molecular complexity index is 1240. The first-order valence-electron chi connectivity index (χ1n) is 10.1. The number of ketones is 1. The second-order valence-electron chi connectivity index (χ2n) is 7.33. The van der Waals surface area contributed by atoms with Crippen LogP contribution in [-0.2, 0) is 16.0 Å². The van der Waals surface area contributed by atoms with Crippen LogP contribution in [0.1, 0.15) is 27.9 Å². The first-order chi connectivity index (χ1) is 15.5. The molecule has 1 aliphatic heterocycles. The van der Waals surface area contributed by atoms with E-state index < -0.39 is 11.6 Å². The number of ether oxygens (including phenoxy) is 4. The van der Waals surface area contributed by atoms with Gasteiger partial charge in [0.05, 0.1) is 32.3 Å². The molecule has 4 rings (SSSR count). The normalized spacial score (nSPS) is 12.8. The number of fused-ring (bicyclic) bond motifs is 2. The third kappa shape index (κ3) is 4.44. The number of Topliss-reactive ketones (excluding diaryl/α,β-unsaturated/α-hetero) is 1. The van der Waals surface area contributed by atoms with Crippen molar-refractivity contribution < 1.29 is 33.0 Å². The molecule has 8 heteroatoms. The van der Waals surface area contributed by atoms with Gasteiger partial charge in [-0.2, -0.15) is 0 Å². The second kappa shape index (κ2) is 9.13. The van der Waals surface area contributed by atoms with Crippen LogP contribution in [-0.4, -0.2) is 38.7 Å². The Labute approximate surface area is 183 Å². The first kappa shape index (κ1) is 21.4. The molecule has 0 saturated carbocycles. The van der Waals surface area contributed by atoms with Crippen molar-refractivity contribution >= 4 is 22.7 Å². The number of esters is 1. The molecule has 0 saturated heterocycles. The minimum absolute atomic E-state index is 0.164. The monoisotopic (exact) mass is 438 g/mol. The Hall–Kier alpha value is -3.81. The summed E-state index contributed by atoms with van der Waals surface area (Å²) in [7, 11) is 1.26. The van der Waals surface area contributed by atoms with Gasteiger partial charge in [-0.3, -0.25) is 9.59 Å². The molecule has 0 aliphatic carbocycles. The van der Waals surface area contributed by atoms with E-state index in [1.165, 1.54) is 7.11 Å². The molecule has 1 aliphatic rings. The van der Waals surface area contributed by atoms with Gasteiger partial charge in [-0.1, -0.05) is 0 Å². The molecule has 1 aromatic heterocycles. The van der Waals surface area contributed by atoms with Crippen LogP contribution in [0.15, 0.2) is 45.6 Å². The van der Waals surface area contributed by atoms with Crippen LogP contribution in [0.2, 0.25) is 0 Å². The first-order valence-corrected chi connectivity index (χ1v) is 10.1. The number of rotatable bonds is 6. The van der Waals surface area contributed by atoms with Gasteiger partial charge in [0.25, 0.3) is 0 Å². The third-order valence-electron chi connectivity index (χ3n) is 5.25. The summed E-state index contributed by atoms with van der Waals surface area (Å²) in [4.78, 5) is 36.5. The maximum Gasteiger partial charge on any atom is 0.340 e. The SMILES string of the molecule is COC(=O)Cc1c(C)c2ccc(OCC(=O)c3ccc4c(c3)OCCCO4)cc2oc1=O. The van der Waals surface area contributed by atoms with Crippen LogP contribution in [0.4, 0.5) is 0 Å². The molecule has 0 spiro atoms. The Morgan fingerprint density at radius 3 is 2.59 bits per heavy atom. The maximum atomic E-state index is 12.6. The van der Waals surface area contributed by atoms with Gasteiger partial charge >= 0.3 is 11.6 Å². The van der Waals surface area contributed by atoms with E-state index in [9.17, 15) is 14.4 Å². The van der Waals surface area contributed by atoms with E-state index in [-0.39, 0.29) is 24.4 Å². The highest BCUT2D eigenvalue weighted by molar-refractivity contribution is 5.98. The number of carbonyl (C=O) groups is 2. The smallest absolute Gasteiger partial charge is 0.340 e. The van der Waals surface area contributed by atoms with Crippen molar-refractivity contribution in [2.45, 2.75) is 19.8 Å². The molecule has 0 radical (unpaired) electrons. The van der Waals surface area contributed by atoms with Crippen LogP contribution in [0.3, 0.4) is 0 Å². The lowest BCUT2D eigenvalue weighted by molar-refractivity contribution is -0.139. The minimum Gasteiger partial charge on any atom is -0.490 e. The lowest BCUT2D eigenvalue weighted by atomic mass is 10.0. The van der Waals surface area contributed by atoms with Gasteiger partial charge in [0.1, 0.15) is 11.3 Å². The molecule has 0 atom stereocenters. The van der Waals surface area contributed by atoms with Gasteiger partial charge in [0, 0.05) is 23.4 Å². The number of carbonyl (C=O) groups excluding carboxylic acids is 2. The fraction of sp³-hybridized carbons (Fsp3) is 0.292. The van der Waals surface area contributed by atoms with Crippen molar-refractivity contribution in [1.82, 2.24) is 0 Å². The van der Waals surface area contributed by atoms with E-state index in [4.69, 9.17) is 18.6 Å². The predicted octanol–water partition coefficient (Wildman–Crippen LogP) is 3.24. The van der Waals surface area contributed by atoms with E-state index in [1.54, 1.807) is 43.3 Å². The lowest BCUT2D eigenvalue weighted by Crippen LogP contribution is -2.16. The topological polar surface area (TPSA) is 101 Å². The molecular formula is C24H22O8. The van der Waals surface area contributed by atoms with Crippen LogP contribution in [0.5, 0.6) is 17.2 Å². The van der Waals surface area contributed by atoms with Crippen molar-refractivity contribution in [3.05, 3.63) is 63.5 Å². The fourth-order valence-corrected chi connectivity index (χ4v) is 3.45. The largest absolute Gasteiger partial charge is 0.490 e. The summed E-state index contributed by atoms with van der Waals surface area (Å²) >= 11 is 0. The van der Waals surface area contributed by atoms with Crippen LogP contribution >= 0.6 is 0 Å². The highest BCUT2D eigenvalue weighted by Gasteiger charge is 2.17. The number of benzene rings is 2. The van der Waals surface area contributed by atoms with E-state index in [2.05, 4.69) is 4.74 Å². The lowest BCUT2D eigenvalue weighted by Gasteiger charge is -2.11. The average Bonchev–Trinajstić information content (AvgIpc) is 3.04. The molecule has 0 N–H and O–H groups in total. The second-order valence-corrected chi connectivity index (χ2v) is 7.33. The Morgan fingerprint density at radius 2 is 1.81 bits per heavy atom. The van der Waals surface area contributed by atoms with Crippen molar-refractivity contribution in [2.24, 2.45) is 0 Å². The summed E-state index contributed by atoms with van der Waals surface area (Å²) < 4.78 is 26.8. The zero-order valence-corrected chi connectivity index (χ0v) is 17.8. The van der Waals surface area contributed by atoms with E-state index >= 15 is 0 Å². The number of hydrogen-bond acceptors (Lipinski definition) is 8. The molecule has 0 amide bonds. The van der Waals surface area contributed by atoms with Crippen molar-refractivity contribution in [3.8, 4) is 17.2 Å². The molecule has 32 heavy (non-hydrogen) atoms. The maximum absolute atomic E-state index is 12.6. The van der Waals surface area contributed by atoms with Crippen LogP contribution in [0, 0.1) is 6.92 Å². The number of methoxy groups -OCH3 is 1. The summed E-state index contributed by atoms with van der Waals surface area (Å²) in [6.07, 6.45) is 0.617. The van der Waals surface area contributed by atoms with Gasteiger partial charge in [-0.25, -0.2) is 4.79 Å². The summed E-state index contributed by atoms with van der Waals surface area (Å²) in [6, 6.07) is 9.99. The van der Waals surface area contributed by atoms with Crippen molar-refractivity contribution in [2.75, 3.05) is 26.9 Å². The van der Waals surface area contributed by atoms with E-state index in [1.807, 2.05) is 0 Å². The quantitative estimate of drug-likeness (QED) is 0.328. The molecule has 2 aromatic carbocycles. The molecule has 0 bridgehead atoms. The highest BCUT2D eigenvalue weighted by Crippen LogP contribution is 2.31. The molecule has 2 heterocycles. The summed E-state index contributed by atoms with van der Waals surface area (Å²) in [6.45, 7) is 2.65. The molecule has 0 unspecified atom stereocenters. The van der Waals surface area contributed by atoms with Gasteiger partial charge in [0.15, 0.2) is 23.9 Å². The molecule has 0 fully saturated rings. The van der Waals surface area contributed by atoms with Gasteiger partial charge < -0.3 is 23.4 Å². The minimum atomic E-state index is -0.610. The van der Waals surface area contributed by atoms with Crippen molar-refractivity contribution in [3.63, 3.8) is 0 Å². The van der Waals surface area contributed by atoms with Crippen LogP contribution < -0.4 is 19.8 Å². The zero-order valence-electron chi connectivity index (χ0n) is 17.8. The number of aryl methyl sites for hydroxylation is 1. The van der Waals surface area contributed by atoms with Crippen molar-refractivity contribution in [1.29, 1.82) is 0 Å². The average molecular weight is 438 g/mol. The highest BCUT2D eigenvalue weighted by atomic mass is 16.5. The molecule has 166 valence electrons. The summed E-state index contributed by atoms with van der Waals surface area (Å²) in [5, 5.41) is 0.671. The van der Waals surface area contributed by atoms with Gasteiger partial charge in [-0.05, 0) is 42.8 Å². The Kier molecular flexibility index (Phi) is 6.11. The number of hydrogen-bond donors (Lipinski definition) is 0. The Balaban J connectivity index is 1.50. The fourth-order valence-electron chi connectivity index (χ4n) is 3.45. The van der Waals surface area contributed by atoms with E-state index in [0.717, 1.165) is 6.42 Å². The predicted molar refractivity (Wildman–Crippen MR) is 115 cm³/mol. The molecule has 8 nitrogen and oxygen atoms in total. The van der Waals surface area contributed by atoms with Crippen LogP contribution in [0.25, 0.3) is 11.0 Å². The summed E-state index contributed by atoms with van der Waals surface area (Å²) in [5.74, 6) is 0.786. The zero-order chi connectivity index (χ0) is 22.7. The van der Waals surface area contributed by atoms with E-state index in [0.29, 0.717) is 52.6 Å². The third-order valence-corrected chi connectivity index (χ3v) is 5.25. The van der Waals surface area contributed by atoms with Gasteiger partial charge in [-0.15, -0.1) is 0 Å². The molecule has 3 aromatic rings. The summed E-state index contributed by atoms with van der Waals surface area (Å²) in [5.41, 5.74) is 1.03. The molecular weight excluding hydrogens is 416 g/mol. The van der Waals surface area contributed by atoms with Gasteiger partial charge in [0.2, 0.25) is 0 Å². The Morgan fingerprint density at radius 1 is 1.03 bits per heavy atom. The standard InChI is InChI=1S/C24H22O8/c1-14-17-6-5-16(11-21(17)32-24(27)18(14)12-23(26)28-2)31-13-19(25)15-4-7-20-22(10-15)30-9-3-8-29-20/h4-7,10-11H,3,8-9,12-13H2,1-2H3.